The van der Waals surface area contributed by atoms with E-state index >= 15 is 0 Å². The molecule has 0 aliphatic carbocycles. The van der Waals surface area contributed by atoms with Crippen LogP contribution in [0.3, 0.4) is 0 Å². The van der Waals surface area contributed by atoms with Crippen molar-refractivity contribution in [1.29, 1.82) is 0 Å². The molecule has 0 aromatic heterocycles. The molecule has 0 bridgehead atoms. The van der Waals surface area contributed by atoms with Crippen molar-refractivity contribution >= 4 is 12.6 Å². The first-order valence-electron chi connectivity index (χ1n) is 5.98. The summed E-state index contributed by atoms with van der Waals surface area (Å²) in [5.74, 6) is 5.31. The second-order valence-electron chi connectivity index (χ2n) is 4.05. The van der Waals surface area contributed by atoms with Crippen molar-refractivity contribution in [3.63, 3.8) is 0 Å². The molecule has 0 saturated carbocycles. The Bertz CT molecular complexity index is 633. The van der Waals surface area contributed by atoms with E-state index < -0.39 is 12.9 Å². The van der Waals surface area contributed by atoms with Crippen LogP contribution in [0.5, 0.6) is 5.75 Å². The molecule has 0 fully saturated rings. The van der Waals surface area contributed by atoms with Crippen LogP contribution in [-0.2, 0) is 0 Å². The number of halogens is 1. The Kier molecular flexibility index (Phi) is 4.77. The van der Waals surface area contributed by atoms with Gasteiger partial charge in [0.15, 0.2) is 0 Å². The highest BCUT2D eigenvalue weighted by atomic mass is 19.1. The summed E-state index contributed by atoms with van der Waals surface area (Å²) in [6, 6.07) is 13.0. The van der Waals surface area contributed by atoms with Gasteiger partial charge in [-0.25, -0.2) is 4.39 Å². The highest BCUT2D eigenvalue weighted by molar-refractivity contribution is 6.58. The minimum atomic E-state index is -1.73. The Balaban J connectivity index is 2.00. The van der Waals surface area contributed by atoms with Crippen LogP contribution in [0, 0.1) is 17.7 Å². The van der Waals surface area contributed by atoms with Gasteiger partial charge in [0.2, 0.25) is 0 Å². The second kappa shape index (κ2) is 6.76. The molecule has 0 unspecified atom stereocenters. The summed E-state index contributed by atoms with van der Waals surface area (Å²) in [4.78, 5) is 0. The zero-order valence-electron chi connectivity index (χ0n) is 10.6. The first-order valence-corrected chi connectivity index (χ1v) is 5.98. The van der Waals surface area contributed by atoms with E-state index in [1.807, 2.05) is 30.3 Å². The lowest BCUT2D eigenvalue weighted by molar-refractivity contribution is 0.367. The molecular formula is C15H12BFO3. The van der Waals surface area contributed by atoms with Gasteiger partial charge >= 0.3 is 7.12 Å². The Morgan fingerprint density at radius 2 is 1.85 bits per heavy atom. The average molecular weight is 270 g/mol. The summed E-state index contributed by atoms with van der Waals surface area (Å²) in [5, 5.41) is 18.0. The summed E-state index contributed by atoms with van der Waals surface area (Å²) in [7, 11) is -1.73. The predicted molar refractivity (Wildman–Crippen MR) is 75.0 cm³/mol. The maximum Gasteiger partial charge on any atom is 0.488 e. The van der Waals surface area contributed by atoms with Crippen LogP contribution in [0.1, 0.15) is 5.56 Å². The number of ether oxygens (including phenoxy) is 1. The van der Waals surface area contributed by atoms with Crippen LogP contribution in [0.25, 0.3) is 0 Å². The van der Waals surface area contributed by atoms with E-state index in [2.05, 4.69) is 11.8 Å². The molecule has 0 amide bonds. The molecule has 2 aromatic carbocycles. The van der Waals surface area contributed by atoms with Gasteiger partial charge in [-0.2, -0.15) is 0 Å². The summed E-state index contributed by atoms with van der Waals surface area (Å²) >= 11 is 0. The molecule has 100 valence electrons. The van der Waals surface area contributed by atoms with Gasteiger partial charge in [0.1, 0.15) is 18.2 Å². The van der Waals surface area contributed by atoms with E-state index in [9.17, 15) is 4.39 Å². The van der Waals surface area contributed by atoms with Crippen LogP contribution >= 0.6 is 0 Å². The van der Waals surface area contributed by atoms with Crippen LogP contribution in [-0.4, -0.2) is 23.8 Å². The van der Waals surface area contributed by atoms with Gasteiger partial charge in [-0.15, -0.1) is 0 Å². The summed E-state index contributed by atoms with van der Waals surface area (Å²) < 4.78 is 18.5. The lowest BCUT2D eigenvalue weighted by Gasteiger charge is -2.05. The van der Waals surface area contributed by atoms with Gasteiger partial charge in [0, 0.05) is 11.6 Å². The van der Waals surface area contributed by atoms with Crippen molar-refractivity contribution in [2.24, 2.45) is 0 Å². The standard InChI is InChI=1S/C15H12BFO3/c17-14-9-13(16(18)19)10-15(11-14)20-8-4-7-12-5-2-1-3-6-12/h1-3,5-6,9-11,18-19H,8H2. The van der Waals surface area contributed by atoms with Gasteiger partial charge in [-0.3, -0.25) is 0 Å². The molecule has 2 N–H and O–H groups in total. The lowest BCUT2D eigenvalue weighted by atomic mass is 9.80. The molecule has 0 aliphatic heterocycles. The highest BCUT2D eigenvalue weighted by Gasteiger charge is 2.13. The number of hydrogen-bond donors (Lipinski definition) is 2. The minimum absolute atomic E-state index is 0.0380. The molecule has 0 aliphatic rings. The summed E-state index contributed by atoms with van der Waals surface area (Å²) in [6.07, 6.45) is 0. The van der Waals surface area contributed by atoms with Crippen molar-refractivity contribution in [3.8, 4) is 17.6 Å². The van der Waals surface area contributed by atoms with E-state index in [0.717, 1.165) is 17.7 Å². The van der Waals surface area contributed by atoms with E-state index in [1.165, 1.54) is 6.07 Å². The van der Waals surface area contributed by atoms with E-state index in [-0.39, 0.29) is 17.8 Å². The average Bonchev–Trinajstić information content (AvgIpc) is 2.44. The molecule has 0 atom stereocenters. The monoisotopic (exact) mass is 270 g/mol. The van der Waals surface area contributed by atoms with Crippen LogP contribution in [0.4, 0.5) is 4.39 Å². The third-order valence-corrected chi connectivity index (χ3v) is 2.51. The fourth-order valence-electron chi connectivity index (χ4n) is 1.60. The molecule has 0 radical (unpaired) electrons. The van der Waals surface area contributed by atoms with Gasteiger partial charge < -0.3 is 14.8 Å². The SMILES string of the molecule is OB(O)c1cc(F)cc(OCC#Cc2ccccc2)c1. The van der Waals surface area contributed by atoms with E-state index in [0.29, 0.717) is 0 Å². The van der Waals surface area contributed by atoms with Crippen molar-refractivity contribution in [3.05, 3.63) is 59.9 Å². The Labute approximate surface area is 116 Å². The first kappa shape index (κ1) is 14.1. The molecule has 0 spiro atoms. The number of hydrogen-bond acceptors (Lipinski definition) is 3. The number of benzene rings is 2. The predicted octanol–water partition coefficient (Wildman–Crippen LogP) is 0.936. The molecule has 3 nitrogen and oxygen atoms in total. The Morgan fingerprint density at radius 1 is 1.10 bits per heavy atom. The smallest absolute Gasteiger partial charge is 0.481 e. The third-order valence-electron chi connectivity index (χ3n) is 2.51. The van der Waals surface area contributed by atoms with Crippen LogP contribution in [0.15, 0.2) is 48.5 Å². The molecular weight excluding hydrogens is 258 g/mol. The topological polar surface area (TPSA) is 49.7 Å². The van der Waals surface area contributed by atoms with Crippen LogP contribution in [0.2, 0.25) is 0 Å². The quantitative estimate of drug-likeness (QED) is 0.644. The minimum Gasteiger partial charge on any atom is -0.481 e. The van der Waals surface area contributed by atoms with Crippen molar-refractivity contribution in [2.75, 3.05) is 6.61 Å². The zero-order chi connectivity index (χ0) is 14.4. The Hall–Kier alpha value is -2.29. The van der Waals surface area contributed by atoms with Crippen LogP contribution < -0.4 is 10.2 Å². The zero-order valence-corrected chi connectivity index (χ0v) is 10.6. The van der Waals surface area contributed by atoms with Crippen molar-refractivity contribution < 1.29 is 19.2 Å². The number of rotatable bonds is 3. The lowest BCUT2D eigenvalue weighted by Crippen LogP contribution is -2.30. The van der Waals surface area contributed by atoms with Crippen molar-refractivity contribution in [1.82, 2.24) is 0 Å². The molecule has 2 aromatic rings. The molecule has 0 saturated heterocycles. The fraction of sp³-hybridized carbons (Fsp3) is 0.0667. The molecule has 20 heavy (non-hydrogen) atoms. The fourth-order valence-corrected chi connectivity index (χ4v) is 1.60. The van der Waals surface area contributed by atoms with Gasteiger partial charge in [-0.1, -0.05) is 30.0 Å². The van der Waals surface area contributed by atoms with Gasteiger partial charge in [0.05, 0.1) is 0 Å². The molecule has 5 heteroatoms. The molecule has 2 rings (SSSR count). The van der Waals surface area contributed by atoms with Gasteiger partial charge in [-0.05, 0) is 29.7 Å². The summed E-state index contributed by atoms with van der Waals surface area (Å²) in [5.41, 5.74) is 0.901. The first-order chi connectivity index (χ1) is 9.65. The normalized spacial score (nSPS) is 9.55. The van der Waals surface area contributed by atoms with E-state index in [4.69, 9.17) is 14.8 Å². The van der Waals surface area contributed by atoms with E-state index in [1.54, 1.807) is 0 Å². The Morgan fingerprint density at radius 3 is 2.55 bits per heavy atom. The van der Waals surface area contributed by atoms with Gasteiger partial charge in [0.25, 0.3) is 0 Å². The van der Waals surface area contributed by atoms with Crippen molar-refractivity contribution in [2.45, 2.75) is 0 Å². The maximum atomic E-state index is 13.2. The highest BCUT2D eigenvalue weighted by Crippen LogP contribution is 2.10. The largest absolute Gasteiger partial charge is 0.488 e. The molecule has 0 heterocycles. The summed E-state index contributed by atoms with van der Waals surface area (Å²) in [6.45, 7) is 0.0827. The maximum absolute atomic E-state index is 13.2. The second-order valence-corrected chi connectivity index (χ2v) is 4.05. The third kappa shape index (κ3) is 4.13.